The summed E-state index contributed by atoms with van der Waals surface area (Å²) >= 11 is 0. The molecule has 0 saturated heterocycles. The van der Waals surface area contributed by atoms with Gasteiger partial charge in [0.25, 0.3) is 0 Å². The van der Waals surface area contributed by atoms with Crippen molar-refractivity contribution in [1.82, 2.24) is 10.3 Å². The lowest BCUT2D eigenvalue weighted by molar-refractivity contribution is -0.141. The van der Waals surface area contributed by atoms with Gasteiger partial charge in [0, 0.05) is 23.5 Å². The Hall–Kier alpha value is -3.22. The molecular weight excluding hydrogens is 342 g/mol. The number of aromatic amines is 1. The predicted octanol–water partition coefficient (Wildman–Crippen LogP) is 2.80. The quantitative estimate of drug-likeness (QED) is 0.634. The van der Waals surface area contributed by atoms with Crippen molar-refractivity contribution < 1.29 is 23.5 Å². The molecule has 0 unspecified atom stereocenters. The Morgan fingerprint density at radius 3 is 2.62 bits per heavy atom. The number of benzene rings is 2. The van der Waals surface area contributed by atoms with E-state index in [2.05, 4.69) is 10.3 Å². The topological polar surface area (TPSA) is 82.2 Å². The molecule has 2 aromatic carbocycles. The molecule has 1 aromatic heterocycles. The molecule has 1 heterocycles. The molecule has 3 aromatic rings. The minimum absolute atomic E-state index is 0.100. The summed E-state index contributed by atoms with van der Waals surface area (Å²) in [5.74, 6) is -3.81. The first-order valence-corrected chi connectivity index (χ1v) is 7.95. The van der Waals surface area contributed by atoms with Crippen molar-refractivity contribution in [1.29, 1.82) is 0 Å². The third kappa shape index (κ3) is 3.88. The van der Waals surface area contributed by atoms with Crippen molar-refractivity contribution in [3.63, 3.8) is 0 Å². The van der Waals surface area contributed by atoms with Crippen LogP contribution in [0.5, 0.6) is 0 Å². The summed E-state index contributed by atoms with van der Waals surface area (Å²) in [6, 6.07) is 9.44. The number of carboxylic acid groups (broad SMARTS) is 1. The fourth-order valence-electron chi connectivity index (χ4n) is 2.80. The molecule has 0 saturated carbocycles. The molecule has 0 radical (unpaired) electrons. The summed E-state index contributed by atoms with van der Waals surface area (Å²) < 4.78 is 26.2. The number of hydrogen-bond donors (Lipinski definition) is 3. The van der Waals surface area contributed by atoms with E-state index in [4.69, 9.17) is 0 Å². The number of amides is 1. The van der Waals surface area contributed by atoms with Gasteiger partial charge in [-0.2, -0.15) is 0 Å². The zero-order valence-electron chi connectivity index (χ0n) is 13.6. The normalized spacial score (nSPS) is 12.1. The van der Waals surface area contributed by atoms with E-state index < -0.39 is 29.6 Å². The molecule has 0 aliphatic carbocycles. The van der Waals surface area contributed by atoms with Crippen molar-refractivity contribution in [3.8, 4) is 0 Å². The molecule has 7 heteroatoms. The Balaban J connectivity index is 1.71. The van der Waals surface area contributed by atoms with Crippen LogP contribution in [0, 0.1) is 11.6 Å². The van der Waals surface area contributed by atoms with Crippen LogP contribution in [0.1, 0.15) is 11.1 Å². The molecule has 5 nitrogen and oxygen atoms in total. The Bertz CT molecular complexity index is 968. The van der Waals surface area contributed by atoms with E-state index in [9.17, 15) is 23.5 Å². The van der Waals surface area contributed by atoms with Gasteiger partial charge in [0.2, 0.25) is 5.91 Å². The summed E-state index contributed by atoms with van der Waals surface area (Å²) in [5.41, 5.74) is 1.90. The maximum absolute atomic E-state index is 13.2. The van der Waals surface area contributed by atoms with Gasteiger partial charge < -0.3 is 15.4 Å². The highest BCUT2D eigenvalue weighted by molar-refractivity contribution is 5.87. The second-order valence-corrected chi connectivity index (χ2v) is 5.95. The molecule has 26 heavy (non-hydrogen) atoms. The van der Waals surface area contributed by atoms with E-state index in [0.29, 0.717) is 0 Å². The maximum Gasteiger partial charge on any atom is 0.326 e. The summed E-state index contributed by atoms with van der Waals surface area (Å²) in [4.78, 5) is 26.7. The molecule has 1 atom stereocenters. The first kappa shape index (κ1) is 17.6. The highest BCUT2D eigenvalue weighted by Gasteiger charge is 2.22. The minimum Gasteiger partial charge on any atom is -0.480 e. The van der Waals surface area contributed by atoms with Gasteiger partial charge in [0.1, 0.15) is 6.04 Å². The highest BCUT2D eigenvalue weighted by atomic mass is 19.2. The first-order valence-electron chi connectivity index (χ1n) is 7.95. The third-order valence-corrected chi connectivity index (χ3v) is 4.08. The number of hydrogen-bond acceptors (Lipinski definition) is 2. The standard InChI is InChI=1S/C19H16F2N2O3/c20-14-6-5-11(7-15(14)21)8-18(24)23-17(19(25)26)9-12-10-22-16-4-2-1-3-13(12)16/h1-7,10,17,22H,8-9H2,(H,23,24)(H,25,26)/t17-/m0/s1. The number of halogens is 2. The summed E-state index contributed by atoms with van der Waals surface area (Å²) in [6.07, 6.45) is 1.57. The molecule has 134 valence electrons. The van der Waals surface area contributed by atoms with E-state index in [1.54, 1.807) is 6.20 Å². The van der Waals surface area contributed by atoms with Gasteiger partial charge in [-0.1, -0.05) is 24.3 Å². The van der Waals surface area contributed by atoms with Crippen molar-refractivity contribution in [3.05, 3.63) is 71.4 Å². The number of aliphatic carboxylic acids is 1. The van der Waals surface area contributed by atoms with Gasteiger partial charge in [0.15, 0.2) is 11.6 Å². The number of carbonyl (C=O) groups excluding carboxylic acids is 1. The van der Waals surface area contributed by atoms with E-state index >= 15 is 0 Å². The van der Waals surface area contributed by atoms with Gasteiger partial charge >= 0.3 is 5.97 Å². The average Bonchev–Trinajstić information content (AvgIpc) is 3.01. The molecule has 0 aliphatic heterocycles. The molecule has 0 fully saturated rings. The van der Waals surface area contributed by atoms with Crippen molar-refractivity contribution in [2.75, 3.05) is 0 Å². The van der Waals surface area contributed by atoms with Gasteiger partial charge in [-0.3, -0.25) is 4.79 Å². The summed E-state index contributed by atoms with van der Waals surface area (Å²) in [7, 11) is 0. The molecule has 0 bridgehead atoms. The smallest absolute Gasteiger partial charge is 0.326 e. The SMILES string of the molecule is O=C(Cc1ccc(F)c(F)c1)N[C@@H](Cc1c[nH]c2ccccc12)C(=O)O. The number of H-pyrrole nitrogens is 1. The number of carbonyl (C=O) groups is 2. The number of para-hydroxylation sites is 1. The Kier molecular flexibility index (Phi) is 4.97. The Labute approximate surface area is 147 Å². The fraction of sp³-hybridized carbons (Fsp3) is 0.158. The van der Waals surface area contributed by atoms with Crippen molar-refractivity contribution in [2.45, 2.75) is 18.9 Å². The molecule has 1 amide bonds. The largest absolute Gasteiger partial charge is 0.480 e. The lowest BCUT2D eigenvalue weighted by Gasteiger charge is -2.14. The summed E-state index contributed by atoms with van der Waals surface area (Å²) in [5, 5.41) is 12.7. The maximum atomic E-state index is 13.2. The van der Waals surface area contributed by atoms with E-state index in [1.807, 2.05) is 24.3 Å². The molecule has 3 N–H and O–H groups in total. The zero-order valence-corrected chi connectivity index (χ0v) is 13.6. The minimum atomic E-state index is -1.17. The van der Waals surface area contributed by atoms with Gasteiger partial charge in [-0.25, -0.2) is 13.6 Å². The van der Waals surface area contributed by atoms with Crippen LogP contribution in [0.4, 0.5) is 8.78 Å². The average molecular weight is 358 g/mol. The van der Waals surface area contributed by atoms with Crippen LogP contribution in [0.3, 0.4) is 0 Å². The van der Waals surface area contributed by atoms with Crippen LogP contribution in [-0.2, 0) is 22.4 Å². The van der Waals surface area contributed by atoms with E-state index in [-0.39, 0.29) is 18.4 Å². The van der Waals surface area contributed by atoms with E-state index in [0.717, 1.165) is 28.6 Å². The summed E-state index contributed by atoms with van der Waals surface area (Å²) in [6.45, 7) is 0. The van der Waals surface area contributed by atoms with Crippen LogP contribution in [0.15, 0.2) is 48.7 Å². The van der Waals surface area contributed by atoms with Crippen molar-refractivity contribution in [2.24, 2.45) is 0 Å². The Morgan fingerprint density at radius 2 is 1.88 bits per heavy atom. The van der Waals surface area contributed by atoms with Crippen LogP contribution in [-0.4, -0.2) is 28.0 Å². The lowest BCUT2D eigenvalue weighted by Crippen LogP contribution is -2.43. The molecule has 0 spiro atoms. The van der Waals surface area contributed by atoms with E-state index in [1.165, 1.54) is 6.07 Å². The fourth-order valence-corrected chi connectivity index (χ4v) is 2.80. The lowest BCUT2D eigenvalue weighted by atomic mass is 10.0. The van der Waals surface area contributed by atoms with Gasteiger partial charge in [-0.15, -0.1) is 0 Å². The third-order valence-electron chi connectivity index (χ3n) is 4.08. The zero-order chi connectivity index (χ0) is 18.7. The second kappa shape index (κ2) is 7.35. The number of aromatic nitrogens is 1. The van der Waals surface area contributed by atoms with Crippen LogP contribution in [0.2, 0.25) is 0 Å². The molecule has 0 aliphatic rings. The number of fused-ring (bicyclic) bond motifs is 1. The monoisotopic (exact) mass is 358 g/mol. The first-order chi connectivity index (χ1) is 12.4. The van der Waals surface area contributed by atoms with Crippen LogP contribution < -0.4 is 5.32 Å². The highest BCUT2D eigenvalue weighted by Crippen LogP contribution is 2.19. The van der Waals surface area contributed by atoms with Gasteiger partial charge in [-0.05, 0) is 29.3 Å². The van der Waals surface area contributed by atoms with Crippen LogP contribution in [0.25, 0.3) is 10.9 Å². The Morgan fingerprint density at radius 1 is 1.12 bits per heavy atom. The number of nitrogens with one attached hydrogen (secondary N) is 2. The second-order valence-electron chi connectivity index (χ2n) is 5.95. The van der Waals surface area contributed by atoms with Crippen molar-refractivity contribution >= 4 is 22.8 Å². The molecular formula is C19H16F2N2O3. The van der Waals surface area contributed by atoms with Crippen LogP contribution >= 0.6 is 0 Å². The number of rotatable bonds is 6. The predicted molar refractivity (Wildman–Crippen MR) is 91.6 cm³/mol. The number of carboxylic acids is 1. The molecule has 3 rings (SSSR count). The van der Waals surface area contributed by atoms with Gasteiger partial charge in [0.05, 0.1) is 6.42 Å².